The highest BCUT2D eigenvalue weighted by Gasteiger charge is 2.03. The Hall–Kier alpha value is -1.88. The SMILES string of the molecule is CCCCCCCNC(=S)O/C(C=O)=C/c1ccc(N(C)C)cc1. The van der Waals surface area contributed by atoms with Crippen LogP contribution in [-0.4, -0.2) is 32.1 Å². The standard InChI is InChI=1S/C19H28N2O2S/c1-4-5-6-7-8-13-20-19(24)23-18(15-22)14-16-9-11-17(12-10-16)21(2)3/h9-12,14-15H,4-8,13H2,1-3H3,(H,20,24)/b18-14+. The summed E-state index contributed by atoms with van der Waals surface area (Å²) in [6.45, 7) is 2.97. The molecule has 24 heavy (non-hydrogen) atoms. The minimum Gasteiger partial charge on any atom is -0.428 e. The van der Waals surface area contributed by atoms with E-state index in [0.29, 0.717) is 6.29 Å². The Bertz CT molecular complexity index is 539. The number of hydrogen-bond acceptors (Lipinski definition) is 4. The summed E-state index contributed by atoms with van der Waals surface area (Å²) in [5, 5.41) is 3.28. The first kappa shape index (κ1) is 20.2. The third-order valence-electron chi connectivity index (χ3n) is 3.59. The summed E-state index contributed by atoms with van der Waals surface area (Å²) in [6, 6.07) is 7.85. The summed E-state index contributed by atoms with van der Waals surface area (Å²) in [5.74, 6) is 0.205. The molecule has 0 saturated carbocycles. The van der Waals surface area contributed by atoms with Crippen molar-refractivity contribution in [1.29, 1.82) is 0 Å². The number of rotatable bonds is 10. The van der Waals surface area contributed by atoms with E-state index in [-0.39, 0.29) is 10.9 Å². The van der Waals surface area contributed by atoms with Crippen LogP contribution in [0.2, 0.25) is 0 Å². The number of carbonyl (C=O) groups excluding carboxylic acids is 1. The minimum atomic E-state index is 0.205. The number of unbranched alkanes of at least 4 members (excludes halogenated alkanes) is 4. The summed E-state index contributed by atoms with van der Waals surface area (Å²) in [7, 11) is 3.97. The molecule has 1 aromatic carbocycles. The molecule has 0 amide bonds. The maximum atomic E-state index is 11.2. The van der Waals surface area contributed by atoms with Gasteiger partial charge in [0, 0.05) is 26.3 Å². The highest BCUT2D eigenvalue weighted by Crippen LogP contribution is 2.14. The van der Waals surface area contributed by atoms with Crippen LogP contribution in [0.3, 0.4) is 0 Å². The maximum absolute atomic E-state index is 11.2. The molecule has 1 N–H and O–H groups in total. The zero-order valence-corrected chi connectivity index (χ0v) is 15.7. The van der Waals surface area contributed by atoms with Crippen molar-refractivity contribution in [2.24, 2.45) is 0 Å². The fourth-order valence-electron chi connectivity index (χ4n) is 2.18. The lowest BCUT2D eigenvalue weighted by atomic mass is 10.1. The van der Waals surface area contributed by atoms with Crippen molar-refractivity contribution in [2.45, 2.75) is 39.0 Å². The molecule has 5 heteroatoms. The van der Waals surface area contributed by atoms with Crippen LogP contribution in [0, 0.1) is 0 Å². The van der Waals surface area contributed by atoms with Crippen LogP contribution >= 0.6 is 12.2 Å². The van der Waals surface area contributed by atoms with Gasteiger partial charge in [-0.25, -0.2) is 0 Å². The number of anilines is 1. The summed E-state index contributed by atoms with van der Waals surface area (Å²) >= 11 is 5.13. The Kier molecular flexibility index (Phi) is 9.77. The number of nitrogens with zero attached hydrogens (tertiary/aromatic N) is 1. The number of ether oxygens (including phenoxy) is 1. The highest BCUT2D eigenvalue weighted by molar-refractivity contribution is 7.80. The summed E-state index contributed by atoms with van der Waals surface area (Å²) in [5.41, 5.74) is 1.99. The van der Waals surface area contributed by atoms with E-state index in [1.165, 1.54) is 25.7 Å². The molecule has 0 aliphatic carbocycles. The summed E-state index contributed by atoms with van der Waals surface area (Å²) < 4.78 is 5.41. The van der Waals surface area contributed by atoms with Gasteiger partial charge in [-0.1, -0.05) is 44.7 Å². The molecule has 0 radical (unpaired) electrons. The largest absolute Gasteiger partial charge is 0.428 e. The molecule has 0 saturated heterocycles. The number of nitrogens with one attached hydrogen (secondary N) is 1. The predicted molar refractivity (Wildman–Crippen MR) is 105 cm³/mol. The van der Waals surface area contributed by atoms with E-state index in [9.17, 15) is 4.79 Å². The molecule has 0 unspecified atom stereocenters. The van der Waals surface area contributed by atoms with Crippen molar-refractivity contribution in [3.63, 3.8) is 0 Å². The molecule has 0 heterocycles. The Morgan fingerprint density at radius 1 is 1.17 bits per heavy atom. The fraction of sp³-hybridized carbons (Fsp3) is 0.474. The quantitative estimate of drug-likeness (QED) is 0.226. The number of aldehydes is 1. The van der Waals surface area contributed by atoms with Crippen LogP contribution in [0.4, 0.5) is 5.69 Å². The van der Waals surface area contributed by atoms with Gasteiger partial charge >= 0.3 is 0 Å². The van der Waals surface area contributed by atoms with Crippen molar-refractivity contribution in [3.8, 4) is 0 Å². The number of allylic oxidation sites excluding steroid dienone is 1. The molecule has 0 fully saturated rings. The molecule has 0 aliphatic heterocycles. The summed E-state index contributed by atoms with van der Waals surface area (Å²) in [6.07, 6.45) is 8.34. The monoisotopic (exact) mass is 348 g/mol. The molecular weight excluding hydrogens is 320 g/mol. The van der Waals surface area contributed by atoms with E-state index in [2.05, 4.69) is 12.2 Å². The first-order chi connectivity index (χ1) is 11.6. The summed E-state index contributed by atoms with van der Waals surface area (Å²) in [4.78, 5) is 13.2. The van der Waals surface area contributed by atoms with Crippen molar-refractivity contribution in [1.82, 2.24) is 5.32 Å². The van der Waals surface area contributed by atoms with E-state index in [1.54, 1.807) is 6.08 Å². The zero-order chi connectivity index (χ0) is 17.8. The third-order valence-corrected chi connectivity index (χ3v) is 3.82. The van der Waals surface area contributed by atoms with Gasteiger partial charge in [0.15, 0.2) is 12.0 Å². The van der Waals surface area contributed by atoms with Gasteiger partial charge < -0.3 is 15.0 Å². The van der Waals surface area contributed by atoms with Crippen LogP contribution in [0.5, 0.6) is 0 Å². The maximum Gasteiger partial charge on any atom is 0.262 e. The van der Waals surface area contributed by atoms with Crippen LogP contribution in [0.1, 0.15) is 44.6 Å². The lowest BCUT2D eigenvalue weighted by Gasteiger charge is -2.12. The van der Waals surface area contributed by atoms with E-state index in [0.717, 1.165) is 24.2 Å². The van der Waals surface area contributed by atoms with Crippen molar-refractivity contribution in [3.05, 3.63) is 35.6 Å². The Balaban J connectivity index is 2.45. The van der Waals surface area contributed by atoms with E-state index in [1.807, 2.05) is 43.3 Å². The molecule has 4 nitrogen and oxygen atoms in total. The van der Waals surface area contributed by atoms with Gasteiger partial charge in [-0.2, -0.15) is 0 Å². The van der Waals surface area contributed by atoms with E-state index >= 15 is 0 Å². The molecule has 0 atom stereocenters. The lowest BCUT2D eigenvalue weighted by Crippen LogP contribution is -2.25. The topological polar surface area (TPSA) is 41.6 Å². The molecule has 0 spiro atoms. The van der Waals surface area contributed by atoms with Crippen LogP contribution in [0.25, 0.3) is 6.08 Å². The number of hydrogen-bond donors (Lipinski definition) is 1. The van der Waals surface area contributed by atoms with Gasteiger partial charge in [-0.05, 0) is 42.4 Å². The normalized spacial score (nSPS) is 11.0. The van der Waals surface area contributed by atoms with Crippen molar-refractivity contribution >= 4 is 35.4 Å². The molecule has 0 bridgehead atoms. The van der Waals surface area contributed by atoms with E-state index in [4.69, 9.17) is 17.0 Å². The first-order valence-corrected chi connectivity index (χ1v) is 8.87. The first-order valence-electron chi connectivity index (χ1n) is 8.46. The van der Waals surface area contributed by atoms with Gasteiger partial charge in [0.1, 0.15) is 0 Å². The average molecular weight is 349 g/mol. The molecule has 0 aliphatic rings. The molecule has 132 valence electrons. The highest BCUT2D eigenvalue weighted by atomic mass is 32.1. The smallest absolute Gasteiger partial charge is 0.262 e. The van der Waals surface area contributed by atoms with Crippen LogP contribution < -0.4 is 10.2 Å². The second kappa shape index (κ2) is 11.6. The van der Waals surface area contributed by atoms with Crippen molar-refractivity contribution in [2.75, 3.05) is 25.5 Å². The van der Waals surface area contributed by atoms with Crippen molar-refractivity contribution < 1.29 is 9.53 Å². The number of thiocarbonyl (C=S) groups is 1. The zero-order valence-electron chi connectivity index (χ0n) is 14.9. The predicted octanol–water partition coefficient (Wildman–Crippen LogP) is 4.15. The molecule has 1 aromatic rings. The molecular formula is C19H28N2O2S. The second-order valence-corrected chi connectivity index (χ2v) is 6.25. The average Bonchev–Trinajstić information content (AvgIpc) is 2.57. The van der Waals surface area contributed by atoms with Gasteiger partial charge in [-0.15, -0.1) is 0 Å². The number of benzene rings is 1. The van der Waals surface area contributed by atoms with Gasteiger partial charge in [0.25, 0.3) is 5.17 Å². The van der Waals surface area contributed by atoms with Gasteiger partial charge in [-0.3, -0.25) is 4.79 Å². The van der Waals surface area contributed by atoms with E-state index < -0.39 is 0 Å². The Labute approximate surface area is 150 Å². The van der Waals surface area contributed by atoms with Crippen LogP contribution in [-0.2, 0) is 9.53 Å². The van der Waals surface area contributed by atoms with Gasteiger partial charge in [0.05, 0.1) is 0 Å². The van der Waals surface area contributed by atoms with Crippen LogP contribution in [0.15, 0.2) is 30.0 Å². The minimum absolute atomic E-state index is 0.205. The number of carbonyl (C=O) groups is 1. The fourth-order valence-corrected chi connectivity index (χ4v) is 2.38. The Morgan fingerprint density at radius 3 is 2.42 bits per heavy atom. The molecule has 1 rings (SSSR count). The Morgan fingerprint density at radius 2 is 1.83 bits per heavy atom. The lowest BCUT2D eigenvalue weighted by molar-refractivity contribution is -0.106. The third kappa shape index (κ3) is 8.11. The molecule has 0 aromatic heterocycles. The van der Waals surface area contributed by atoms with Gasteiger partial charge in [0.2, 0.25) is 0 Å². The second-order valence-electron chi connectivity index (χ2n) is 5.88.